The topological polar surface area (TPSA) is 57.0 Å². The lowest BCUT2D eigenvalue weighted by Gasteiger charge is -2.08. The van der Waals surface area contributed by atoms with Gasteiger partial charge in [0.05, 0.1) is 24.7 Å². The molecule has 3 aromatic rings. The second kappa shape index (κ2) is 5.77. The van der Waals surface area contributed by atoms with E-state index in [1.54, 1.807) is 36.5 Å². The Bertz CT molecular complexity index is 813. The number of hydrogen-bond acceptors (Lipinski definition) is 4. The molecule has 0 fully saturated rings. The van der Waals surface area contributed by atoms with E-state index in [0.29, 0.717) is 29.1 Å². The molecule has 0 saturated carbocycles. The molecular formula is C16H12FN3O2. The molecule has 110 valence electrons. The van der Waals surface area contributed by atoms with E-state index in [2.05, 4.69) is 10.1 Å². The van der Waals surface area contributed by atoms with Crippen LogP contribution >= 0.6 is 0 Å². The molecular weight excluding hydrogens is 285 g/mol. The number of pyridine rings is 1. The van der Waals surface area contributed by atoms with Crippen LogP contribution in [0.5, 0.6) is 5.88 Å². The van der Waals surface area contributed by atoms with Gasteiger partial charge in [-0.15, -0.1) is 0 Å². The number of aromatic nitrogens is 3. The summed E-state index contributed by atoms with van der Waals surface area (Å²) in [7, 11) is 1.52. The highest BCUT2D eigenvalue weighted by atomic mass is 19.1. The quantitative estimate of drug-likeness (QED) is 0.695. The molecule has 0 aliphatic rings. The van der Waals surface area contributed by atoms with Crippen molar-refractivity contribution < 1.29 is 13.9 Å². The van der Waals surface area contributed by atoms with Crippen LogP contribution in [0.4, 0.5) is 4.39 Å². The van der Waals surface area contributed by atoms with E-state index in [1.165, 1.54) is 23.9 Å². The molecule has 5 nitrogen and oxygen atoms in total. The zero-order valence-corrected chi connectivity index (χ0v) is 11.7. The van der Waals surface area contributed by atoms with Crippen molar-refractivity contribution in [2.75, 3.05) is 7.11 Å². The maximum atomic E-state index is 14.0. The summed E-state index contributed by atoms with van der Waals surface area (Å²) >= 11 is 0. The van der Waals surface area contributed by atoms with E-state index in [9.17, 15) is 9.18 Å². The van der Waals surface area contributed by atoms with E-state index >= 15 is 0 Å². The van der Waals surface area contributed by atoms with Crippen molar-refractivity contribution in [3.63, 3.8) is 0 Å². The van der Waals surface area contributed by atoms with Gasteiger partial charge < -0.3 is 4.74 Å². The summed E-state index contributed by atoms with van der Waals surface area (Å²) in [4.78, 5) is 15.1. The van der Waals surface area contributed by atoms with Crippen LogP contribution in [0.3, 0.4) is 0 Å². The fourth-order valence-electron chi connectivity index (χ4n) is 2.13. The third kappa shape index (κ3) is 2.46. The van der Waals surface area contributed by atoms with Crippen molar-refractivity contribution in [2.45, 2.75) is 0 Å². The van der Waals surface area contributed by atoms with Crippen LogP contribution in [0, 0.1) is 5.82 Å². The summed E-state index contributed by atoms with van der Waals surface area (Å²) in [5.41, 5.74) is 1.66. The number of nitrogens with zero attached hydrogens (tertiary/aromatic N) is 3. The standard InChI is InChI=1S/C16H12FN3O2/c1-22-16-7-6-12(9-18-16)20-15(8-11(10-21)19-20)13-4-2-3-5-14(13)17/h2-10H,1H3. The first-order chi connectivity index (χ1) is 10.7. The average molecular weight is 297 g/mol. The summed E-state index contributed by atoms with van der Waals surface area (Å²) in [6, 6.07) is 11.3. The third-order valence-corrected chi connectivity index (χ3v) is 3.17. The Morgan fingerprint density at radius 1 is 1.23 bits per heavy atom. The Kier molecular flexibility index (Phi) is 3.65. The summed E-state index contributed by atoms with van der Waals surface area (Å²) in [5, 5.41) is 4.17. The van der Waals surface area contributed by atoms with Crippen molar-refractivity contribution in [1.29, 1.82) is 0 Å². The molecule has 2 heterocycles. The molecule has 2 aromatic heterocycles. The lowest BCUT2D eigenvalue weighted by Crippen LogP contribution is -2.01. The van der Waals surface area contributed by atoms with E-state index in [-0.39, 0.29) is 11.5 Å². The third-order valence-electron chi connectivity index (χ3n) is 3.17. The first kappa shape index (κ1) is 13.9. The molecule has 0 aliphatic carbocycles. The summed E-state index contributed by atoms with van der Waals surface area (Å²) in [5.74, 6) is 0.0709. The molecule has 1 aromatic carbocycles. The van der Waals surface area contributed by atoms with Crippen LogP contribution in [0.15, 0.2) is 48.7 Å². The fraction of sp³-hybridized carbons (Fsp3) is 0.0625. The fourth-order valence-corrected chi connectivity index (χ4v) is 2.13. The maximum Gasteiger partial charge on any atom is 0.213 e. The minimum Gasteiger partial charge on any atom is -0.481 e. The molecule has 22 heavy (non-hydrogen) atoms. The number of benzene rings is 1. The summed E-state index contributed by atoms with van der Waals surface area (Å²) in [6.07, 6.45) is 2.17. The molecule has 3 rings (SSSR count). The Labute approximate surface area is 126 Å². The zero-order chi connectivity index (χ0) is 15.5. The Hall–Kier alpha value is -3.02. The van der Waals surface area contributed by atoms with Crippen LogP contribution in [-0.2, 0) is 0 Å². The number of aldehydes is 1. The molecule has 0 saturated heterocycles. The van der Waals surface area contributed by atoms with Gasteiger partial charge in [0.2, 0.25) is 5.88 Å². The van der Waals surface area contributed by atoms with Crippen molar-refractivity contribution in [3.05, 3.63) is 60.2 Å². The molecule has 0 N–H and O–H groups in total. The highest BCUT2D eigenvalue weighted by molar-refractivity contribution is 5.76. The smallest absolute Gasteiger partial charge is 0.213 e. The minimum absolute atomic E-state index is 0.217. The van der Waals surface area contributed by atoms with E-state index in [1.807, 2.05) is 0 Å². The van der Waals surface area contributed by atoms with Gasteiger partial charge in [0, 0.05) is 11.6 Å². The molecule has 0 amide bonds. The Balaban J connectivity index is 2.16. The molecule has 0 spiro atoms. The Morgan fingerprint density at radius 2 is 2.05 bits per heavy atom. The first-order valence-corrected chi connectivity index (χ1v) is 6.53. The monoisotopic (exact) mass is 297 g/mol. The number of carbonyl (C=O) groups excluding carboxylic acids is 1. The number of ether oxygens (including phenoxy) is 1. The lowest BCUT2D eigenvalue weighted by atomic mass is 10.1. The van der Waals surface area contributed by atoms with Crippen molar-refractivity contribution in [2.24, 2.45) is 0 Å². The van der Waals surface area contributed by atoms with Crippen molar-refractivity contribution >= 4 is 6.29 Å². The molecule has 6 heteroatoms. The van der Waals surface area contributed by atoms with Gasteiger partial charge in [-0.3, -0.25) is 4.79 Å². The second-order valence-electron chi connectivity index (χ2n) is 4.52. The highest BCUT2D eigenvalue weighted by Crippen LogP contribution is 2.26. The molecule has 0 aliphatic heterocycles. The number of carbonyl (C=O) groups is 1. The molecule has 0 bridgehead atoms. The van der Waals surface area contributed by atoms with Gasteiger partial charge in [-0.25, -0.2) is 14.1 Å². The van der Waals surface area contributed by atoms with E-state index < -0.39 is 0 Å². The SMILES string of the molecule is COc1ccc(-n2nc(C=O)cc2-c2ccccc2F)cn1. The minimum atomic E-state index is -0.387. The largest absolute Gasteiger partial charge is 0.481 e. The van der Waals surface area contributed by atoms with Gasteiger partial charge in [-0.1, -0.05) is 12.1 Å². The van der Waals surface area contributed by atoms with Gasteiger partial charge >= 0.3 is 0 Å². The van der Waals surface area contributed by atoms with Gasteiger partial charge in [0.1, 0.15) is 11.5 Å². The zero-order valence-electron chi connectivity index (χ0n) is 11.7. The van der Waals surface area contributed by atoms with Gasteiger partial charge in [0.25, 0.3) is 0 Å². The van der Waals surface area contributed by atoms with E-state index in [0.717, 1.165) is 0 Å². The first-order valence-electron chi connectivity index (χ1n) is 6.53. The van der Waals surface area contributed by atoms with Crippen molar-refractivity contribution in [1.82, 2.24) is 14.8 Å². The number of methoxy groups -OCH3 is 1. The molecule has 0 atom stereocenters. The molecule has 0 unspecified atom stereocenters. The van der Waals surface area contributed by atoms with Gasteiger partial charge in [0.15, 0.2) is 6.29 Å². The number of halogens is 1. The van der Waals surface area contributed by atoms with Gasteiger partial charge in [-0.05, 0) is 24.3 Å². The summed E-state index contributed by atoms with van der Waals surface area (Å²) in [6.45, 7) is 0. The van der Waals surface area contributed by atoms with Crippen LogP contribution in [0.2, 0.25) is 0 Å². The van der Waals surface area contributed by atoms with Crippen LogP contribution in [0.1, 0.15) is 10.5 Å². The van der Waals surface area contributed by atoms with Crippen LogP contribution in [-0.4, -0.2) is 28.2 Å². The van der Waals surface area contributed by atoms with Crippen molar-refractivity contribution in [3.8, 4) is 22.8 Å². The number of rotatable bonds is 4. The predicted molar refractivity (Wildman–Crippen MR) is 78.7 cm³/mol. The average Bonchev–Trinajstić information content (AvgIpc) is 2.99. The summed E-state index contributed by atoms with van der Waals surface area (Å²) < 4.78 is 20.5. The maximum absolute atomic E-state index is 14.0. The predicted octanol–water partition coefficient (Wildman–Crippen LogP) is 2.89. The lowest BCUT2D eigenvalue weighted by molar-refractivity contribution is 0.111. The Morgan fingerprint density at radius 3 is 2.68 bits per heavy atom. The normalized spacial score (nSPS) is 10.5. The van der Waals surface area contributed by atoms with Crippen LogP contribution < -0.4 is 4.74 Å². The molecule has 0 radical (unpaired) electrons. The van der Waals surface area contributed by atoms with Gasteiger partial charge in [-0.2, -0.15) is 5.10 Å². The van der Waals surface area contributed by atoms with E-state index in [4.69, 9.17) is 4.74 Å². The second-order valence-corrected chi connectivity index (χ2v) is 4.52. The van der Waals surface area contributed by atoms with Crippen LogP contribution in [0.25, 0.3) is 16.9 Å². The number of hydrogen-bond donors (Lipinski definition) is 0. The highest BCUT2D eigenvalue weighted by Gasteiger charge is 2.14.